The van der Waals surface area contributed by atoms with E-state index in [1.807, 2.05) is 19.1 Å². The Bertz CT molecular complexity index is 625. The fourth-order valence-electron chi connectivity index (χ4n) is 1.98. The maximum Gasteiger partial charge on any atom is 0.410 e. The standard InChI is InChI=1S/C13H17ClIO3PSi/c1-5-17-19(16)11-8-9(14)6-7-10(11)12(15)13(18-19)20(2,3)4/h6-8H,5H2,1-4H3. The van der Waals surface area contributed by atoms with Crippen molar-refractivity contribution < 1.29 is 13.6 Å². The highest BCUT2D eigenvalue weighted by molar-refractivity contribution is 14.1. The van der Waals surface area contributed by atoms with E-state index in [0.717, 1.165) is 14.5 Å². The SMILES string of the molecule is CCOP1(=O)OC([Si](C)(C)C)=C(I)c2ccc(Cl)cc21. The van der Waals surface area contributed by atoms with Gasteiger partial charge < -0.3 is 4.52 Å². The van der Waals surface area contributed by atoms with Crippen LogP contribution in [-0.2, 0) is 13.6 Å². The molecule has 0 saturated heterocycles. The quantitative estimate of drug-likeness (QED) is 0.366. The van der Waals surface area contributed by atoms with Crippen LogP contribution < -0.4 is 5.30 Å². The minimum Gasteiger partial charge on any atom is -0.430 e. The van der Waals surface area contributed by atoms with E-state index < -0.39 is 15.7 Å². The van der Waals surface area contributed by atoms with Crippen LogP contribution in [0, 0.1) is 0 Å². The molecule has 3 nitrogen and oxygen atoms in total. The molecule has 1 aromatic carbocycles. The summed E-state index contributed by atoms with van der Waals surface area (Å²) in [6, 6.07) is 5.39. The second-order valence-electron chi connectivity index (χ2n) is 5.56. The number of hydrogen-bond donors (Lipinski definition) is 0. The third-order valence-electron chi connectivity index (χ3n) is 2.88. The fraction of sp³-hybridized carbons (Fsp3) is 0.385. The lowest BCUT2D eigenvalue weighted by Crippen LogP contribution is -2.31. The summed E-state index contributed by atoms with van der Waals surface area (Å²) < 4.78 is 25.5. The van der Waals surface area contributed by atoms with E-state index in [0.29, 0.717) is 16.9 Å². The Balaban J connectivity index is 2.72. The van der Waals surface area contributed by atoms with Gasteiger partial charge >= 0.3 is 7.60 Å². The molecule has 1 unspecified atom stereocenters. The minimum absolute atomic E-state index is 0.332. The van der Waals surface area contributed by atoms with Crippen molar-refractivity contribution in [2.45, 2.75) is 26.6 Å². The van der Waals surface area contributed by atoms with Crippen LogP contribution in [0.1, 0.15) is 12.5 Å². The molecule has 0 radical (unpaired) electrons. The molecule has 0 fully saturated rings. The van der Waals surface area contributed by atoms with Crippen LogP contribution in [0.2, 0.25) is 24.7 Å². The molecule has 1 atom stereocenters. The summed E-state index contributed by atoms with van der Waals surface area (Å²) in [5, 5.41) is 1.94. The average molecular weight is 443 g/mol. The van der Waals surface area contributed by atoms with Gasteiger partial charge in [0.25, 0.3) is 0 Å². The molecule has 0 saturated carbocycles. The summed E-state index contributed by atoms with van der Waals surface area (Å²) in [6.45, 7) is 8.64. The summed E-state index contributed by atoms with van der Waals surface area (Å²) in [4.78, 5) is 0. The Morgan fingerprint density at radius 2 is 2.05 bits per heavy atom. The molecule has 0 amide bonds. The number of rotatable bonds is 3. The third-order valence-corrected chi connectivity index (χ3v) is 8.56. The number of halogens is 2. The molecule has 0 N–H and O–H groups in total. The normalized spacial score (nSPS) is 22.5. The molecular formula is C13H17ClIO3PSi. The van der Waals surface area contributed by atoms with Gasteiger partial charge in [0.2, 0.25) is 0 Å². The Hall–Kier alpha value is 0.187. The molecule has 20 heavy (non-hydrogen) atoms. The molecule has 0 spiro atoms. The predicted octanol–water partition coefficient (Wildman–Crippen LogP) is 5.21. The van der Waals surface area contributed by atoms with Gasteiger partial charge in [0, 0.05) is 10.6 Å². The van der Waals surface area contributed by atoms with Crippen LogP contribution in [0.4, 0.5) is 0 Å². The molecule has 1 aliphatic rings. The second kappa shape index (κ2) is 5.76. The molecule has 0 bridgehead atoms. The Morgan fingerprint density at radius 1 is 1.40 bits per heavy atom. The molecule has 1 aliphatic heterocycles. The Labute approximate surface area is 139 Å². The van der Waals surface area contributed by atoms with Gasteiger partial charge in [-0.25, -0.2) is 4.57 Å². The van der Waals surface area contributed by atoms with Crippen molar-refractivity contribution in [1.29, 1.82) is 0 Å². The summed E-state index contributed by atoms with van der Waals surface area (Å²) in [5.41, 5.74) is 0.912. The van der Waals surface area contributed by atoms with Crippen molar-refractivity contribution in [1.82, 2.24) is 0 Å². The van der Waals surface area contributed by atoms with E-state index in [4.69, 9.17) is 20.6 Å². The Morgan fingerprint density at radius 3 is 2.60 bits per heavy atom. The lowest BCUT2D eigenvalue weighted by Gasteiger charge is -2.33. The average Bonchev–Trinajstić information content (AvgIpc) is 2.33. The summed E-state index contributed by atoms with van der Waals surface area (Å²) in [7, 11) is -5.09. The zero-order valence-electron chi connectivity index (χ0n) is 11.9. The molecule has 0 aromatic heterocycles. The lowest BCUT2D eigenvalue weighted by molar-refractivity contribution is 0.266. The van der Waals surface area contributed by atoms with E-state index in [9.17, 15) is 4.57 Å². The van der Waals surface area contributed by atoms with Gasteiger partial charge in [0.1, 0.15) is 8.07 Å². The van der Waals surface area contributed by atoms with Crippen molar-refractivity contribution in [2.24, 2.45) is 0 Å². The minimum atomic E-state index is -3.33. The monoisotopic (exact) mass is 442 g/mol. The van der Waals surface area contributed by atoms with Gasteiger partial charge in [-0.2, -0.15) is 0 Å². The Kier molecular flexibility index (Phi) is 4.77. The largest absolute Gasteiger partial charge is 0.430 e. The summed E-state index contributed by atoms with van der Waals surface area (Å²) in [5.74, 6) is 0. The van der Waals surface area contributed by atoms with Crippen LogP contribution in [0.15, 0.2) is 23.6 Å². The van der Waals surface area contributed by atoms with Crippen LogP contribution in [-0.4, -0.2) is 14.7 Å². The van der Waals surface area contributed by atoms with Gasteiger partial charge in [-0.15, -0.1) is 0 Å². The fourth-order valence-corrected chi connectivity index (χ4v) is 9.61. The highest BCUT2D eigenvalue weighted by Crippen LogP contribution is 2.57. The molecule has 1 heterocycles. The van der Waals surface area contributed by atoms with E-state index in [2.05, 4.69) is 42.2 Å². The number of benzene rings is 1. The topological polar surface area (TPSA) is 35.5 Å². The van der Waals surface area contributed by atoms with Crippen molar-refractivity contribution in [2.75, 3.05) is 6.61 Å². The smallest absolute Gasteiger partial charge is 0.410 e. The van der Waals surface area contributed by atoms with Crippen LogP contribution >= 0.6 is 41.8 Å². The third kappa shape index (κ3) is 3.02. The number of hydrogen-bond acceptors (Lipinski definition) is 3. The van der Waals surface area contributed by atoms with Crippen LogP contribution in [0.3, 0.4) is 0 Å². The van der Waals surface area contributed by atoms with Crippen molar-refractivity contribution in [3.63, 3.8) is 0 Å². The highest BCUT2D eigenvalue weighted by Gasteiger charge is 2.42. The van der Waals surface area contributed by atoms with E-state index in [1.165, 1.54) is 0 Å². The molecule has 110 valence electrons. The van der Waals surface area contributed by atoms with E-state index >= 15 is 0 Å². The van der Waals surface area contributed by atoms with Gasteiger partial charge in [-0.05, 0) is 41.6 Å². The molecule has 1 aromatic rings. The number of fused-ring (bicyclic) bond motifs is 1. The highest BCUT2D eigenvalue weighted by atomic mass is 127. The first-order chi connectivity index (χ1) is 9.19. The zero-order valence-corrected chi connectivity index (χ0v) is 16.7. The van der Waals surface area contributed by atoms with Crippen LogP contribution in [0.25, 0.3) is 3.58 Å². The maximum absolute atomic E-state index is 13.1. The molecular weight excluding hydrogens is 426 g/mol. The molecule has 7 heteroatoms. The van der Waals surface area contributed by atoms with Gasteiger partial charge in [-0.3, -0.25) is 4.52 Å². The maximum atomic E-state index is 13.1. The van der Waals surface area contributed by atoms with Crippen molar-refractivity contribution in [3.8, 4) is 0 Å². The summed E-state index contributed by atoms with van der Waals surface area (Å²) in [6.07, 6.45) is 0. The first-order valence-corrected chi connectivity index (χ1v) is 12.8. The zero-order chi connectivity index (χ0) is 15.1. The van der Waals surface area contributed by atoms with Crippen molar-refractivity contribution >= 4 is 58.7 Å². The van der Waals surface area contributed by atoms with Gasteiger partial charge in [0.15, 0.2) is 0 Å². The van der Waals surface area contributed by atoms with Gasteiger partial charge in [0.05, 0.1) is 20.9 Å². The first-order valence-electron chi connectivity index (χ1n) is 6.34. The molecule has 0 aliphatic carbocycles. The van der Waals surface area contributed by atoms with Crippen LogP contribution in [0.5, 0.6) is 0 Å². The predicted molar refractivity (Wildman–Crippen MR) is 95.7 cm³/mol. The van der Waals surface area contributed by atoms with E-state index in [1.54, 1.807) is 6.07 Å². The van der Waals surface area contributed by atoms with Gasteiger partial charge in [-0.1, -0.05) is 37.3 Å². The molecule has 2 rings (SSSR count). The first kappa shape index (κ1) is 16.6. The van der Waals surface area contributed by atoms with E-state index in [-0.39, 0.29) is 0 Å². The van der Waals surface area contributed by atoms with Crippen molar-refractivity contribution in [3.05, 3.63) is 34.2 Å². The summed E-state index contributed by atoms with van der Waals surface area (Å²) >= 11 is 8.30. The second-order valence-corrected chi connectivity index (χ2v) is 13.9. The lowest BCUT2D eigenvalue weighted by atomic mass is 10.2.